The molecule has 0 aromatic carbocycles. The number of nitrogens with zero attached hydrogens (tertiary/aromatic N) is 1. The van der Waals surface area contributed by atoms with Crippen LogP contribution in [0.4, 0.5) is 4.79 Å². The molecule has 0 aliphatic carbocycles. The highest BCUT2D eigenvalue weighted by molar-refractivity contribution is 7.97. The summed E-state index contributed by atoms with van der Waals surface area (Å²) in [5.41, 5.74) is 0. The molecule has 0 aliphatic heterocycles. The van der Waals surface area contributed by atoms with Crippen molar-refractivity contribution in [3.8, 4) is 0 Å². The fourth-order valence-corrected chi connectivity index (χ4v) is 1.20. The molecule has 0 heterocycles. The topological polar surface area (TPSA) is 29.5 Å². The fraction of sp³-hybridized carbons (Fsp3) is 0.833. The molecule has 10 heavy (non-hydrogen) atoms. The monoisotopic (exact) mass is 163 g/mol. The van der Waals surface area contributed by atoms with Crippen molar-refractivity contribution in [2.75, 3.05) is 19.4 Å². The summed E-state index contributed by atoms with van der Waals surface area (Å²) in [6.45, 7) is 4.60. The third kappa shape index (κ3) is 2.96. The Kier molecular flexibility index (Phi) is 5.20. The molecule has 0 radical (unpaired) electrons. The molecule has 0 unspecified atom stereocenters. The second kappa shape index (κ2) is 5.41. The normalized spacial score (nSPS) is 9.10. The average molecular weight is 163 g/mol. The molecule has 0 fully saturated rings. The van der Waals surface area contributed by atoms with Crippen LogP contribution in [0.3, 0.4) is 0 Å². The number of hydrogen-bond acceptors (Lipinski definition) is 3. The Morgan fingerprint density at radius 3 is 2.50 bits per heavy atom. The largest absolute Gasteiger partial charge is 0.452 e. The molecule has 0 saturated heterocycles. The summed E-state index contributed by atoms with van der Waals surface area (Å²) in [5, 5.41) is 0. The van der Waals surface area contributed by atoms with Gasteiger partial charge in [-0.25, -0.2) is 4.79 Å². The quantitative estimate of drug-likeness (QED) is 0.593. The number of carbonyl (C=O) groups excluding carboxylic acids is 1. The third-order valence-corrected chi connectivity index (χ3v) is 1.93. The molecule has 1 amide bonds. The van der Waals surface area contributed by atoms with Crippen LogP contribution in [-0.2, 0) is 4.74 Å². The van der Waals surface area contributed by atoms with E-state index < -0.39 is 0 Å². The first-order chi connectivity index (χ1) is 4.76. The van der Waals surface area contributed by atoms with Crippen molar-refractivity contribution in [2.24, 2.45) is 0 Å². The van der Waals surface area contributed by atoms with Crippen molar-refractivity contribution in [3.63, 3.8) is 0 Å². The predicted molar refractivity (Wildman–Crippen MR) is 42.9 cm³/mol. The Morgan fingerprint density at radius 2 is 2.20 bits per heavy atom. The van der Waals surface area contributed by atoms with Crippen LogP contribution < -0.4 is 0 Å². The molecule has 0 saturated carbocycles. The van der Waals surface area contributed by atoms with E-state index in [1.165, 1.54) is 19.1 Å². The van der Waals surface area contributed by atoms with Gasteiger partial charge in [0.2, 0.25) is 0 Å². The lowest BCUT2D eigenvalue weighted by molar-refractivity contribution is 0.153. The first kappa shape index (κ1) is 9.62. The highest BCUT2D eigenvalue weighted by Gasteiger charge is 2.09. The summed E-state index contributed by atoms with van der Waals surface area (Å²) in [4.78, 5) is 10.8. The fourth-order valence-electron chi connectivity index (χ4n) is 0.531. The van der Waals surface area contributed by atoms with E-state index >= 15 is 0 Å². The second-order valence-corrected chi connectivity index (χ2v) is 2.86. The van der Waals surface area contributed by atoms with Gasteiger partial charge in [-0.1, -0.05) is 6.92 Å². The van der Waals surface area contributed by atoms with Crippen LogP contribution in [0.5, 0.6) is 0 Å². The maximum absolute atomic E-state index is 10.8. The molecular formula is C6H13NO2S. The van der Waals surface area contributed by atoms with Crippen molar-refractivity contribution in [2.45, 2.75) is 13.8 Å². The molecule has 0 bridgehead atoms. The summed E-state index contributed by atoms with van der Waals surface area (Å²) in [6, 6.07) is 0. The molecule has 4 heteroatoms. The minimum atomic E-state index is -0.269. The van der Waals surface area contributed by atoms with Gasteiger partial charge in [-0.2, -0.15) is 0 Å². The SMILES string of the molecule is CCSN(CC)C(=O)OC. The molecule has 3 nitrogen and oxygen atoms in total. The second-order valence-electron chi connectivity index (χ2n) is 1.58. The highest BCUT2D eigenvalue weighted by atomic mass is 32.2. The van der Waals surface area contributed by atoms with E-state index in [1.807, 2.05) is 13.8 Å². The van der Waals surface area contributed by atoms with E-state index in [9.17, 15) is 4.79 Å². The molecule has 0 aromatic rings. The van der Waals surface area contributed by atoms with E-state index in [1.54, 1.807) is 4.31 Å². The van der Waals surface area contributed by atoms with Gasteiger partial charge in [0.25, 0.3) is 0 Å². The van der Waals surface area contributed by atoms with Crippen molar-refractivity contribution in [1.82, 2.24) is 4.31 Å². The molecule has 60 valence electrons. The zero-order valence-corrected chi connectivity index (χ0v) is 7.40. The van der Waals surface area contributed by atoms with Gasteiger partial charge in [0.05, 0.1) is 7.11 Å². The van der Waals surface area contributed by atoms with Crippen LogP contribution in [0.15, 0.2) is 0 Å². The molecule has 0 atom stereocenters. The van der Waals surface area contributed by atoms with Crippen LogP contribution in [-0.4, -0.2) is 29.8 Å². The summed E-state index contributed by atoms with van der Waals surface area (Å²) in [7, 11) is 1.39. The Labute approximate surface area is 65.9 Å². The lowest BCUT2D eigenvalue weighted by Crippen LogP contribution is -2.23. The molecule has 0 aromatic heterocycles. The Bertz CT molecular complexity index is 108. The molecular weight excluding hydrogens is 150 g/mol. The summed E-state index contributed by atoms with van der Waals surface area (Å²) in [6.07, 6.45) is -0.269. The standard InChI is InChI=1S/C6H13NO2S/c1-4-7(10-5-2)6(8)9-3/h4-5H2,1-3H3. The van der Waals surface area contributed by atoms with Gasteiger partial charge in [0.15, 0.2) is 0 Å². The van der Waals surface area contributed by atoms with Crippen LogP contribution in [0.1, 0.15) is 13.8 Å². The van der Waals surface area contributed by atoms with E-state index in [4.69, 9.17) is 0 Å². The van der Waals surface area contributed by atoms with E-state index in [0.29, 0.717) is 6.54 Å². The van der Waals surface area contributed by atoms with Crippen molar-refractivity contribution in [1.29, 1.82) is 0 Å². The zero-order chi connectivity index (χ0) is 7.98. The van der Waals surface area contributed by atoms with Crippen molar-refractivity contribution >= 4 is 18.0 Å². The highest BCUT2D eigenvalue weighted by Crippen LogP contribution is 2.09. The number of carbonyl (C=O) groups is 1. The van der Waals surface area contributed by atoms with Gasteiger partial charge in [-0.15, -0.1) is 0 Å². The van der Waals surface area contributed by atoms with Crippen LogP contribution in [0.25, 0.3) is 0 Å². The maximum Gasteiger partial charge on any atom is 0.419 e. The number of rotatable bonds is 3. The van der Waals surface area contributed by atoms with Crippen molar-refractivity contribution in [3.05, 3.63) is 0 Å². The first-order valence-corrected chi connectivity index (χ1v) is 4.18. The van der Waals surface area contributed by atoms with Gasteiger partial charge in [0, 0.05) is 12.3 Å². The molecule has 0 N–H and O–H groups in total. The molecule has 0 aliphatic rings. The minimum absolute atomic E-state index is 0.269. The summed E-state index contributed by atoms with van der Waals surface area (Å²) < 4.78 is 6.11. The molecule has 0 spiro atoms. The lowest BCUT2D eigenvalue weighted by Gasteiger charge is -2.15. The van der Waals surface area contributed by atoms with Gasteiger partial charge >= 0.3 is 6.09 Å². The predicted octanol–water partition coefficient (Wildman–Crippen LogP) is 1.74. The van der Waals surface area contributed by atoms with E-state index in [-0.39, 0.29) is 6.09 Å². The Balaban J connectivity index is 3.68. The van der Waals surface area contributed by atoms with Crippen LogP contribution >= 0.6 is 11.9 Å². The van der Waals surface area contributed by atoms with Crippen LogP contribution in [0, 0.1) is 0 Å². The number of methoxy groups -OCH3 is 1. The Hall–Kier alpha value is -0.380. The number of hydrogen-bond donors (Lipinski definition) is 0. The van der Waals surface area contributed by atoms with Crippen LogP contribution in [0.2, 0.25) is 0 Å². The lowest BCUT2D eigenvalue weighted by atomic mass is 10.8. The van der Waals surface area contributed by atoms with E-state index in [0.717, 1.165) is 5.75 Å². The van der Waals surface area contributed by atoms with Gasteiger partial charge in [-0.05, 0) is 18.9 Å². The first-order valence-electron chi connectivity index (χ1n) is 3.24. The average Bonchev–Trinajstić information content (AvgIpc) is 1.99. The van der Waals surface area contributed by atoms with Gasteiger partial charge < -0.3 is 4.74 Å². The van der Waals surface area contributed by atoms with Gasteiger partial charge in [0.1, 0.15) is 0 Å². The molecule has 0 rings (SSSR count). The van der Waals surface area contributed by atoms with E-state index in [2.05, 4.69) is 4.74 Å². The summed E-state index contributed by atoms with van der Waals surface area (Å²) in [5.74, 6) is 0.892. The zero-order valence-electron chi connectivity index (χ0n) is 6.59. The smallest absolute Gasteiger partial charge is 0.419 e. The third-order valence-electron chi connectivity index (χ3n) is 0.950. The maximum atomic E-state index is 10.8. The summed E-state index contributed by atoms with van der Waals surface area (Å²) >= 11 is 1.47. The minimum Gasteiger partial charge on any atom is -0.452 e. The Morgan fingerprint density at radius 1 is 1.60 bits per heavy atom. The van der Waals surface area contributed by atoms with Crippen molar-refractivity contribution < 1.29 is 9.53 Å². The number of amides is 1. The van der Waals surface area contributed by atoms with Gasteiger partial charge in [-0.3, -0.25) is 4.31 Å². The number of ether oxygens (including phenoxy) is 1.